The summed E-state index contributed by atoms with van der Waals surface area (Å²) in [5.74, 6) is -0.487. The van der Waals surface area contributed by atoms with Crippen LogP contribution in [0, 0.1) is 5.82 Å². The van der Waals surface area contributed by atoms with Crippen molar-refractivity contribution >= 4 is 21.6 Å². The Morgan fingerprint density at radius 2 is 1.75 bits per heavy atom. The molecule has 1 aliphatic rings. The number of likely N-dealkylation sites (N-methyl/N-ethyl adjacent to an activating group) is 1. The Kier molecular flexibility index (Phi) is 6.17. The molecule has 0 radical (unpaired) electrons. The van der Waals surface area contributed by atoms with E-state index in [2.05, 4.69) is 11.8 Å². The number of nitrogens with zero attached hydrogens (tertiary/aromatic N) is 3. The minimum absolute atomic E-state index is 0.0529. The lowest BCUT2D eigenvalue weighted by Gasteiger charge is -2.34. The molecule has 0 aromatic heterocycles. The van der Waals surface area contributed by atoms with Crippen molar-refractivity contribution < 1.29 is 17.6 Å². The number of carbonyl (C=O) groups is 1. The van der Waals surface area contributed by atoms with E-state index >= 15 is 0 Å². The third-order valence-electron chi connectivity index (χ3n) is 4.22. The van der Waals surface area contributed by atoms with Crippen LogP contribution in [0.15, 0.2) is 24.3 Å². The molecule has 1 fully saturated rings. The van der Waals surface area contributed by atoms with Crippen molar-refractivity contribution in [3.05, 3.63) is 30.1 Å². The number of carbonyl (C=O) groups excluding carboxylic acids is 1. The Labute approximate surface area is 142 Å². The third-order valence-corrected chi connectivity index (χ3v) is 5.41. The van der Waals surface area contributed by atoms with Crippen LogP contribution in [-0.2, 0) is 14.8 Å². The van der Waals surface area contributed by atoms with Gasteiger partial charge in [0.2, 0.25) is 15.9 Å². The van der Waals surface area contributed by atoms with Crippen LogP contribution >= 0.6 is 0 Å². The normalized spacial score (nSPS) is 16.2. The quantitative estimate of drug-likeness (QED) is 0.766. The van der Waals surface area contributed by atoms with Crippen molar-refractivity contribution in [1.82, 2.24) is 9.80 Å². The molecule has 1 saturated heterocycles. The fraction of sp³-hybridized carbons (Fsp3) is 0.562. The molecule has 24 heavy (non-hydrogen) atoms. The van der Waals surface area contributed by atoms with E-state index < -0.39 is 15.8 Å². The van der Waals surface area contributed by atoms with Crippen LogP contribution in [-0.4, -0.2) is 69.6 Å². The van der Waals surface area contributed by atoms with Crippen molar-refractivity contribution in [1.29, 1.82) is 0 Å². The Bertz CT molecular complexity index is 656. The number of halogens is 1. The van der Waals surface area contributed by atoms with Gasteiger partial charge in [0.25, 0.3) is 0 Å². The highest BCUT2D eigenvalue weighted by Gasteiger charge is 2.23. The van der Waals surface area contributed by atoms with Crippen LogP contribution in [0.25, 0.3) is 0 Å². The van der Waals surface area contributed by atoms with Crippen LogP contribution in [0.2, 0.25) is 0 Å². The summed E-state index contributed by atoms with van der Waals surface area (Å²) >= 11 is 0. The molecule has 0 bridgehead atoms. The topological polar surface area (TPSA) is 60.9 Å². The summed E-state index contributed by atoms with van der Waals surface area (Å²) in [6.07, 6.45) is 1.19. The number of rotatable bonds is 6. The van der Waals surface area contributed by atoms with Crippen LogP contribution in [0.1, 0.15) is 13.3 Å². The maximum Gasteiger partial charge on any atom is 0.232 e. The number of hydrogen-bond donors (Lipinski definition) is 0. The Hall–Kier alpha value is -1.67. The van der Waals surface area contributed by atoms with Gasteiger partial charge in [-0.2, -0.15) is 0 Å². The summed E-state index contributed by atoms with van der Waals surface area (Å²) in [6.45, 7) is 6.13. The summed E-state index contributed by atoms with van der Waals surface area (Å²) in [6, 6.07) is 5.22. The first kappa shape index (κ1) is 18.7. The minimum atomic E-state index is -3.54. The molecule has 0 N–H and O–H groups in total. The SMILES string of the molecule is CCN1CCN(C(=O)CCN(c2ccc(F)cc2)S(C)(=O)=O)CC1. The van der Waals surface area contributed by atoms with Crippen LogP contribution in [0.3, 0.4) is 0 Å². The second-order valence-electron chi connectivity index (χ2n) is 5.88. The van der Waals surface area contributed by atoms with Gasteiger partial charge in [-0.15, -0.1) is 0 Å². The summed E-state index contributed by atoms with van der Waals surface area (Å²) in [7, 11) is -3.54. The van der Waals surface area contributed by atoms with Gasteiger partial charge in [0.05, 0.1) is 11.9 Å². The van der Waals surface area contributed by atoms with Gasteiger partial charge in [-0.05, 0) is 30.8 Å². The van der Waals surface area contributed by atoms with E-state index in [9.17, 15) is 17.6 Å². The number of benzene rings is 1. The lowest BCUT2D eigenvalue weighted by molar-refractivity contribution is -0.132. The largest absolute Gasteiger partial charge is 0.340 e. The summed E-state index contributed by atoms with van der Waals surface area (Å²) in [5, 5.41) is 0. The van der Waals surface area contributed by atoms with Gasteiger partial charge in [0.1, 0.15) is 5.82 Å². The molecule has 6 nitrogen and oxygen atoms in total. The zero-order valence-electron chi connectivity index (χ0n) is 14.1. The van der Waals surface area contributed by atoms with E-state index in [1.54, 1.807) is 4.90 Å². The molecule has 0 unspecified atom stereocenters. The molecule has 8 heteroatoms. The average molecular weight is 357 g/mol. The Balaban J connectivity index is 1.98. The molecule has 1 aromatic carbocycles. The standard InChI is InChI=1S/C16H24FN3O3S/c1-3-18-10-12-19(13-11-18)16(21)8-9-20(24(2,22)23)15-6-4-14(17)5-7-15/h4-7H,3,8-13H2,1-2H3. The first-order valence-corrected chi connectivity index (χ1v) is 9.89. The molecule has 1 amide bonds. The molecule has 1 heterocycles. The maximum atomic E-state index is 13.0. The Morgan fingerprint density at radius 1 is 1.17 bits per heavy atom. The van der Waals surface area contributed by atoms with Gasteiger partial charge in [-0.1, -0.05) is 6.92 Å². The number of amides is 1. The van der Waals surface area contributed by atoms with Crippen molar-refractivity contribution in [2.75, 3.05) is 49.8 Å². The number of anilines is 1. The van der Waals surface area contributed by atoms with Gasteiger partial charge >= 0.3 is 0 Å². The van der Waals surface area contributed by atoms with Gasteiger partial charge in [0, 0.05) is 39.1 Å². The van der Waals surface area contributed by atoms with E-state index in [1.807, 2.05) is 0 Å². The zero-order chi connectivity index (χ0) is 17.7. The first-order chi connectivity index (χ1) is 11.3. The maximum absolute atomic E-state index is 13.0. The summed E-state index contributed by atoms with van der Waals surface area (Å²) in [4.78, 5) is 16.4. The van der Waals surface area contributed by atoms with Gasteiger partial charge < -0.3 is 9.80 Å². The van der Waals surface area contributed by atoms with Gasteiger partial charge in [-0.3, -0.25) is 9.10 Å². The van der Waals surface area contributed by atoms with Crippen molar-refractivity contribution in [2.45, 2.75) is 13.3 Å². The predicted octanol–water partition coefficient (Wildman–Crippen LogP) is 1.15. The van der Waals surface area contributed by atoms with E-state index in [0.29, 0.717) is 18.8 Å². The molecule has 0 aliphatic carbocycles. The molecular weight excluding hydrogens is 333 g/mol. The molecule has 2 rings (SSSR count). The van der Waals surface area contributed by atoms with Gasteiger partial charge in [-0.25, -0.2) is 12.8 Å². The molecule has 0 spiro atoms. The summed E-state index contributed by atoms with van der Waals surface area (Å²) in [5.41, 5.74) is 0.363. The minimum Gasteiger partial charge on any atom is -0.340 e. The molecular formula is C16H24FN3O3S. The van der Waals surface area contributed by atoms with E-state index in [-0.39, 0.29) is 18.9 Å². The first-order valence-electron chi connectivity index (χ1n) is 8.04. The van der Waals surface area contributed by atoms with E-state index in [4.69, 9.17) is 0 Å². The van der Waals surface area contributed by atoms with Crippen LogP contribution in [0.4, 0.5) is 10.1 Å². The molecule has 134 valence electrons. The van der Waals surface area contributed by atoms with E-state index in [0.717, 1.165) is 30.2 Å². The fourth-order valence-corrected chi connectivity index (χ4v) is 3.69. The van der Waals surface area contributed by atoms with Crippen molar-refractivity contribution in [3.63, 3.8) is 0 Å². The Morgan fingerprint density at radius 3 is 2.25 bits per heavy atom. The molecule has 1 aromatic rings. The smallest absolute Gasteiger partial charge is 0.232 e. The third kappa shape index (κ3) is 4.91. The second-order valence-corrected chi connectivity index (χ2v) is 7.78. The highest BCUT2D eigenvalue weighted by Crippen LogP contribution is 2.18. The lowest BCUT2D eigenvalue weighted by Crippen LogP contribution is -2.49. The van der Waals surface area contributed by atoms with Gasteiger partial charge in [0.15, 0.2) is 0 Å². The number of piperazine rings is 1. The second kappa shape index (κ2) is 7.94. The monoisotopic (exact) mass is 357 g/mol. The number of hydrogen-bond acceptors (Lipinski definition) is 4. The zero-order valence-corrected chi connectivity index (χ0v) is 14.9. The fourth-order valence-electron chi connectivity index (χ4n) is 2.76. The molecule has 0 atom stereocenters. The average Bonchev–Trinajstić information content (AvgIpc) is 2.55. The lowest BCUT2D eigenvalue weighted by atomic mass is 10.2. The van der Waals surface area contributed by atoms with Crippen molar-refractivity contribution in [3.8, 4) is 0 Å². The molecule has 0 saturated carbocycles. The van der Waals surface area contributed by atoms with Crippen LogP contribution < -0.4 is 4.31 Å². The van der Waals surface area contributed by atoms with Crippen LogP contribution in [0.5, 0.6) is 0 Å². The van der Waals surface area contributed by atoms with E-state index in [1.165, 1.54) is 24.3 Å². The van der Waals surface area contributed by atoms with Crippen molar-refractivity contribution in [2.24, 2.45) is 0 Å². The highest BCUT2D eigenvalue weighted by atomic mass is 32.2. The number of sulfonamides is 1. The predicted molar refractivity (Wildman–Crippen MR) is 91.9 cm³/mol. The molecule has 1 aliphatic heterocycles. The highest BCUT2D eigenvalue weighted by molar-refractivity contribution is 7.92. The summed E-state index contributed by atoms with van der Waals surface area (Å²) < 4.78 is 38.2.